The molecule has 0 radical (unpaired) electrons. The number of aromatic nitrogens is 4. The standard InChI is InChI=1S/C18H18FN5O/c19-12-3-1-11(2-4-12)13-7-24(15-5-6-25-8-14(13)15)18-16-17(21-9-20-16)22-10-23-18/h1-4,9-10,13-15H,5-8H2,(H,20,21,22,23)/t13-,14?,15?/m1/s1. The number of nitrogens with zero attached hydrogens (tertiary/aromatic N) is 4. The van der Waals surface area contributed by atoms with Crippen molar-refractivity contribution in [2.45, 2.75) is 18.4 Å². The summed E-state index contributed by atoms with van der Waals surface area (Å²) in [5.41, 5.74) is 2.70. The molecule has 3 atom stereocenters. The number of rotatable bonds is 2. The van der Waals surface area contributed by atoms with Gasteiger partial charge in [0.2, 0.25) is 0 Å². The lowest BCUT2D eigenvalue weighted by molar-refractivity contribution is 0.0461. The summed E-state index contributed by atoms with van der Waals surface area (Å²) < 4.78 is 19.1. The number of anilines is 1. The summed E-state index contributed by atoms with van der Waals surface area (Å²) in [4.78, 5) is 18.5. The average molecular weight is 339 g/mol. The Balaban J connectivity index is 1.56. The molecule has 2 saturated heterocycles. The van der Waals surface area contributed by atoms with E-state index in [-0.39, 0.29) is 5.82 Å². The van der Waals surface area contributed by atoms with E-state index in [2.05, 4.69) is 24.8 Å². The molecule has 5 rings (SSSR count). The number of aromatic amines is 1. The molecule has 0 amide bonds. The van der Waals surface area contributed by atoms with Gasteiger partial charge in [-0.1, -0.05) is 12.1 Å². The minimum atomic E-state index is -0.204. The van der Waals surface area contributed by atoms with Gasteiger partial charge in [0.1, 0.15) is 17.7 Å². The van der Waals surface area contributed by atoms with E-state index in [0.717, 1.165) is 43.1 Å². The van der Waals surface area contributed by atoms with Gasteiger partial charge in [0.05, 0.1) is 12.9 Å². The minimum Gasteiger partial charge on any atom is -0.381 e. The lowest BCUT2D eigenvalue weighted by atomic mass is 9.84. The molecule has 0 aliphatic carbocycles. The number of fused-ring (bicyclic) bond motifs is 2. The predicted molar refractivity (Wildman–Crippen MR) is 90.9 cm³/mol. The Hall–Kier alpha value is -2.54. The summed E-state index contributed by atoms with van der Waals surface area (Å²) >= 11 is 0. The van der Waals surface area contributed by atoms with Crippen LogP contribution >= 0.6 is 0 Å². The molecule has 0 saturated carbocycles. The zero-order valence-electron chi connectivity index (χ0n) is 13.6. The van der Waals surface area contributed by atoms with Crippen molar-refractivity contribution < 1.29 is 9.13 Å². The van der Waals surface area contributed by atoms with Crippen LogP contribution in [0.4, 0.5) is 10.2 Å². The first kappa shape index (κ1) is 14.8. The first-order valence-electron chi connectivity index (χ1n) is 8.55. The van der Waals surface area contributed by atoms with Crippen molar-refractivity contribution in [3.05, 3.63) is 48.3 Å². The molecule has 3 aromatic rings. The van der Waals surface area contributed by atoms with Gasteiger partial charge < -0.3 is 14.6 Å². The number of hydrogen-bond donors (Lipinski definition) is 1. The van der Waals surface area contributed by atoms with Gasteiger partial charge in [-0.05, 0) is 24.1 Å². The Morgan fingerprint density at radius 1 is 1.16 bits per heavy atom. The number of halogens is 1. The smallest absolute Gasteiger partial charge is 0.182 e. The van der Waals surface area contributed by atoms with Crippen LogP contribution < -0.4 is 4.90 Å². The molecule has 2 aliphatic rings. The maximum atomic E-state index is 13.3. The first-order chi connectivity index (χ1) is 12.3. The lowest BCUT2D eigenvalue weighted by Gasteiger charge is -2.33. The summed E-state index contributed by atoms with van der Waals surface area (Å²) in [6.45, 7) is 2.31. The van der Waals surface area contributed by atoms with Gasteiger partial charge in [-0.3, -0.25) is 0 Å². The summed E-state index contributed by atoms with van der Waals surface area (Å²) in [5.74, 6) is 1.35. The van der Waals surface area contributed by atoms with Crippen LogP contribution in [0.2, 0.25) is 0 Å². The highest BCUT2D eigenvalue weighted by Crippen LogP contribution is 2.43. The Morgan fingerprint density at radius 3 is 2.92 bits per heavy atom. The van der Waals surface area contributed by atoms with Crippen molar-refractivity contribution in [3.63, 3.8) is 0 Å². The second-order valence-corrected chi connectivity index (χ2v) is 6.70. The molecular formula is C18H18FN5O. The van der Waals surface area contributed by atoms with Crippen LogP contribution in [-0.2, 0) is 4.74 Å². The Morgan fingerprint density at radius 2 is 2.04 bits per heavy atom. The van der Waals surface area contributed by atoms with Crippen molar-refractivity contribution in [2.24, 2.45) is 5.92 Å². The highest BCUT2D eigenvalue weighted by atomic mass is 19.1. The molecule has 1 aromatic carbocycles. The molecule has 2 aliphatic heterocycles. The van der Waals surface area contributed by atoms with Gasteiger partial charge in [0.15, 0.2) is 11.5 Å². The third-order valence-corrected chi connectivity index (χ3v) is 5.45. The van der Waals surface area contributed by atoms with Gasteiger partial charge in [-0.2, -0.15) is 0 Å². The fourth-order valence-corrected chi connectivity index (χ4v) is 4.28. The van der Waals surface area contributed by atoms with Crippen molar-refractivity contribution >= 4 is 17.0 Å². The predicted octanol–water partition coefficient (Wildman–Crippen LogP) is 2.50. The number of benzene rings is 1. The van der Waals surface area contributed by atoms with Crippen molar-refractivity contribution in [2.75, 3.05) is 24.7 Å². The van der Waals surface area contributed by atoms with E-state index in [4.69, 9.17) is 4.74 Å². The topological polar surface area (TPSA) is 66.9 Å². The zero-order chi connectivity index (χ0) is 16.8. The average Bonchev–Trinajstić information content (AvgIpc) is 3.27. The third kappa shape index (κ3) is 2.38. The molecule has 1 N–H and O–H groups in total. The quantitative estimate of drug-likeness (QED) is 0.777. The Bertz CT molecular complexity index is 896. The summed E-state index contributed by atoms with van der Waals surface area (Å²) in [5, 5.41) is 0. The number of ether oxygens (including phenoxy) is 1. The monoisotopic (exact) mass is 339 g/mol. The molecule has 128 valence electrons. The van der Waals surface area contributed by atoms with Gasteiger partial charge in [0, 0.05) is 31.0 Å². The van der Waals surface area contributed by atoms with Crippen molar-refractivity contribution in [1.29, 1.82) is 0 Å². The first-order valence-corrected chi connectivity index (χ1v) is 8.55. The fourth-order valence-electron chi connectivity index (χ4n) is 4.28. The number of H-pyrrole nitrogens is 1. The third-order valence-electron chi connectivity index (χ3n) is 5.45. The van der Waals surface area contributed by atoms with E-state index in [9.17, 15) is 4.39 Å². The van der Waals surface area contributed by atoms with E-state index in [1.165, 1.54) is 12.1 Å². The highest BCUT2D eigenvalue weighted by Gasteiger charge is 2.45. The Labute approximate surface area is 144 Å². The van der Waals surface area contributed by atoms with Crippen LogP contribution in [0.5, 0.6) is 0 Å². The van der Waals surface area contributed by atoms with E-state index in [1.807, 2.05) is 12.1 Å². The highest BCUT2D eigenvalue weighted by molar-refractivity contribution is 5.83. The van der Waals surface area contributed by atoms with Crippen molar-refractivity contribution in [1.82, 2.24) is 19.9 Å². The maximum absolute atomic E-state index is 13.3. The molecule has 25 heavy (non-hydrogen) atoms. The van der Waals surface area contributed by atoms with E-state index in [1.54, 1.807) is 12.7 Å². The van der Waals surface area contributed by atoms with Crippen LogP contribution in [-0.4, -0.2) is 45.7 Å². The number of nitrogens with one attached hydrogen (secondary N) is 1. The summed E-state index contributed by atoms with van der Waals surface area (Å²) in [6, 6.07) is 7.20. The number of imidazole rings is 1. The molecule has 2 aromatic heterocycles. The molecule has 7 heteroatoms. The fraction of sp³-hybridized carbons (Fsp3) is 0.389. The zero-order valence-corrected chi connectivity index (χ0v) is 13.6. The SMILES string of the molecule is Fc1ccc([C@H]2CN(c3ncnc4nc[nH]c34)C3CCOCC32)cc1. The second-order valence-electron chi connectivity index (χ2n) is 6.70. The number of hydrogen-bond acceptors (Lipinski definition) is 5. The Kier molecular flexibility index (Phi) is 3.41. The molecular weight excluding hydrogens is 321 g/mol. The van der Waals surface area contributed by atoms with Crippen molar-refractivity contribution in [3.8, 4) is 0 Å². The van der Waals surface area contributed by atoms with Crippen LogP contribution in [0.3, 0.4) is 0 Å². The molecule has 6 nitrogen and oxygen atoms in total. The second kappa shape index (κ2) is 5.77. The van der Waals surface area contributed by atoms with E-state index >= 15 is 0 Å². The molecule has 4 heterocycles. The molecule has 0 spiro atoms. The normalized spacial score (nSPS) is 26.1. The van der Waals surface area contributed by atoms with Crippen LogP contribution in [0.15, 0.2) is 36.9 Å². The van der Waals surface area contributed by atoms with Gasteiger partial charge in [0.25, 0.3) is 0 Å². The van der Waals surface area contributed by atoms with Gasteiger partial charge in [-0.15, -0.1) is 0 Å². The van der Waals surface area contributed by atoms with E-state index in [0.29, 0.717) is 23.5 Å². The van der Waals surface area contributed by atoms with Crippen LogP contribution in [0.25, 0.3) is 11.2 Å². The largest absolute Gasteiger partial charge is 0.381 e. The van der Waals surface area contributed by atoms with Gasteiger partial charge >= 0.3 is 0 Å². The summed E-state index contributed by atoms with van der Waals surface area (Å²) in [7, 11) is 0. The molecule has 0 bridgehead atoms. The van der Waals surface area contributed by atoms with Crippen LogP contribution in [0.1, 0.15) is 17.9 Å². The van der Waals surface area contributed by atoms with Gasteiger partial charge in [-0.25, -0.2) is 19.3 Å². The van der Waals surface area contributed by atoms with Crippen LogP contribution in [0, 0.1) is 11.7 Å². The molecule has 2 unspecified atom stereocenters. The molecule has 2 fully saturated rings. The van der Waals surface area contributed by atoms with E-state index < -0.39 is 0 Å². The summed E-state index contributed by atoms with van der Waals surface area (Å²) in [6.07, 6.45) is 4.18. The minimum absolute atomic E-state index is 0.204. The lowest BCUT2D eigenvalue weighted by Crippen LogP contribution is -2.39. The maximum Gasteiger partial charge on any atom is 0.182 e.